The molecule has 0 spiro atoms. The molecule has 0 fully saturated rings. The number of aryl methyl sites for hydroxylation is 2. The van der Waals surface area contributed by atoms with Gasteiger partial charge in [0.2, 0.25) is 0 Å². The third-order valence-corrected chi connectivity index (χ3v) is 2.90. The molecular weight excluding hydrogens is 244 g/mol. The SMILES string of the molecule is CCc1cc(NCc2ncnn2C)n2ncnc2n1. The zero-order valence-corrected chi connectivity index (χ0v) is 10.8. The maximum absolute atomic E-state index is 4.39. The van der Waals surface area contributed by atoms with Gasteiger partial charge < -0.3 is 5.32 Å². The van der Waals surface area contributed by atoms with Gasteiger partial charge in [0, 0.05) is 18.8 Å². The van der Waals surface area contributed by atoms with E-state index in [2.05, 4.69) is 37.4 Å². The Balaban J connectivity index is 1.91. The van der Waals surface area contributed by atoms with Crippen LogP contribution in [0.1, 0.15) is 18.4 Å². The second kappa shape index (κ2) is 4.63. The van der Waals surface area contributed by atoms with E-state index in [0.29, 0.717) is 12.3 Å². The summed E-state index contributed by atoms with van der Waals surface area (Å²) in [6, 6.07) is 1.97. The number of rotatable bonds is 4. The van der Waals surface area contributed by atoms with Gasteiger partial charge in [-0.15, -0.1) is 0 Å². The number of nitrogens with one attached hydrogen (secondary N) is 1. The second-order valence-electron chi connectivity index (χ2n) is 4.11. The molecule has 19 heavy (non-hydrogen) atoms. The first-order valence-electron chi connectivity index (χ1n) is 6.04. The van der Waals surface area contributed by atoms with Crippen molar-refractivity contribution in [2.45, 2.75) is 19.9 Å². The quantitative estimate of drug-likeness (QED) is 0.730. The van der Waals surface area contributed by atoms with Gasteiger partial charge in [0.1, 0.15) is 24.3 Å². The maximum Gasteiger partial charge on any atom is 0.254 e. The third-order valence-electron chi connectivity index (χ3n) is 2.90. The minimum absolute atomic E-state index is 0.568. The van der Waals surface area contributed by atoms with Crippen molar-refractivity contribution < 1.29 is 0 Å². The summed E-state index contributed by atoms with van der Waals surface area (Å²) < 4.78 is 3.41. The fourth-order valence-electron chi connectivity index (χ4n) is 1.82. The van der Waals surface area contributed by atoms with Gasteiger partial charge >= 0.3 is 0 Å². The molecule has 0 atom stereocenters. The van der Waals surface area contributed by atoms with Crippen LogP contribution in [0, 0.1) is 0 Å². The monoisotopic (exact) mass is 258 g/mol. The number of hydrogen-bond acceptors (Lipinski definition) is 6. The lowest BCUT2D eigenvalue weighted by molar-refractivity contribution is 0.709. The maximum atomic E-state index is 4.39. The fraction of sp³-hybridized carbons (Fsp3) is 0.364. The first-order valence-corrected chi connectivity index (χ1v) is 6.04. The summed E-state index contributed by atoms with van der Waals surface area (Å²) in [5, 5.41) is 11.5. The van der Waals surface area contributed by atoms with Crippen LogP contribution in [0.2, 0.25) is 0 Å². The van der Waals surface area contributed by atoms with Crippen LogP contribution in [-0.4, -0.2) is 34.3 Å². The van der Waals surface area contributed by atoms with Crippen molar-refractivity contribution >= 4 is 11.6 Å². The van der Waals surface area contributed by atoms with Gasteiger partial charge in [0.05, 0.1) is 6.54 Å². The van der Waals surface area contributed by atoms with Crippen molar-refractivity contribution in [2.75, 3.05) is 5.32 Å². The molecule has 0 aliphatic heterocycles. The van der Waals surface area contributed by atoms with Gasteiger partial charge in [-0.2, -0.15) is 19.7 Å². The Morgan fingerprint density at radius 1 is 1.21 bits per heavy atom. The van der Waals surface area contributed by atoms with Crippen molar-refractivity contribution in [1.82, 2.24) is 34.3 Å². The first-order chi connectivity index (χ1) is 9.28. The van der Waals surface area contributed by atoms with Crippen molar-refractivity contribution in [2.24, 2.45) is 7.05 Å². The minimum atomic E-state index is 0.568. The molecule has 3 rings (SSSR count). The molecule has 0 saturated carbocycles. The lowest BCUT2D eigenvalue weighted by Gasteiger charge is -2.08. The van der Waals surface area contributed by atoms with Crippen molar-refractivity contribution in [3.05, 3.63) is 30.2 Å². The summed E-state index contributed by atoms with van der Waals surface area (Å²) in [5.74, 6) is 2.30. The standard InChI is InChI=1S/C11H14N8/c1-3-8-4-9(19-11(17-8)14-7-16-19)12-5-10-13-6-15-18(10)2/h4,6-7,12H,3,5H2,1-2H3. The molecule has 0 aliphatic rings. The molecule has 0 saturated heterocycles. The summed E-state index contributed by atoms with van der Waals surface area (Å²) in [5.41, 5.74) is 0.973. The molecule has 3 aromatic heterocycles. The molecule has 0 bridgehead atoms. The van der Waals surface area contributed by atoms with E-state index in [0.717, 1.165) is 23.8 Å². The molecule has 8 heteroatoms. The van der Waals surface area contributed by atoms with E-state index >= 15 is 0 Å². The lowest BCUT2D eigenvalue weighted by Crippen LogP contribution is -2.11. The minimum Gasteiger partial charge on any atom is -0.363 e. The number of hydrogen-bond donors (Lipinski definition) is 1. The first kappa shape index (κ1) is 11.6. The predicted octanol–water partition coefficient (Wildman–Crippen LogP) is 0.427. The molecule has 3 heterocycles. The largest absolute Gasteiger partial charge is 0.363 e. The molecular formula is C11H14N8. The molecule has 0 unspecified atom stereocenters. The Hall–Kier alpha value is -2.51. The summed E-state index contributed by atoms with van der Waals surface area (Å²) in [6.45, 7) is 2.63. The number of fused-ring (bicyclic) bond motifs is 1. The summed E-state index contributed by atoms with van der Waals surface area (Å²) >= 11 is 0. The van der Waals surface area contributed by atoms with Gasteiger partial charge in [-0.3, -0.25) is 4.68 Å². The number of aromatic nitrogens is 7. The highest BCUT2D eigenvalue weighted by Gasteiger charge is 2.07. The zero-order chi connectivity index (χ0) is 13.2. The molecule has 1 N–H and O–H groups in total. The van der Waals surface area contributed by atoms with Crippen LogP contribution in [0.3, 0.4) is 0 Å². The van der Waals surface area contributed by atoms with Crippen molar-refractivity contribution in [3.8, 4) is 0 Å². The van der Waals surface area contributed by atoms with Crippen LogP contribution in [-0.2, 0) is 20.0 Å². The van der Waals surface area contributed by atoms with Gasteiger partial charge in [-0.1, -0.05) is 6.92 Å². The summed E-state index contributed by atoms with van der Waals surface area (Å²) in [4.78, 5) is 12.7. The van der Waals surface area contributed by atoms with E-state index in [-0.39, 0.29) is 0 Å². The average Bonchev–Trinajstić information content (AvgIpc) is 3.04. The fourth-order valence-corrected chi connectivity index (χ4v) is 1.82. The summed E-state index contributed by atoms with van der Waals surface area (Å²) in [6.07, 6.45) is 3.88. The number of anilines is 1. The predicted molar refractivity (Wildman–Crippen MR) is 68.5 cm³/mol. The van der Waals surface area contributed by atoms with Gasteiger partial charge in [0.15, 0.2) is 0 Å². The Morgan fingerprint density at radius 2 is 2.05 bits per heavy atom. The Kier molecular flexibility index (Phi) is 2.82. The molecule has 0 aromatic carbocycles. The van der Waals surface area contributed by atoms with E-state index < -0.39 is 0 Å². The highest BCUT2D eigenvalue weighted by atomic mass is 15.4. The average molecular weight is 258 g/mol. The summed E-state index contributed by atoms with van der Waals surface area (Å²) in [7, 11) is 1.86. The van der Waals surface area contributed by atoms with Gasteiger partial charge in [-0.25, -0.2) is 9.97 Å². The van der Waals surface area contributed by atoms with E-state index in [4.69, 9.17) is 0 Å². The molecule has 98 valence electrons. The Bertz CT molecular complexity index is 698. The van der Waals surface area contributed by atoms with Crippen molar-refractivity contribution in [3.63, 3.8) is 0 Å². The highest BCUT2D eigenvalue weighted by Crippen LogP contribution is 2.12. The zero-order valence-electron chi connectivity index (χ0n) is 10.8. The Labute approximate surface area is 109 Å². The third kappa shape index (κ3) is 2.12. The van der Waals surface area contributed by atoms with Gasteiger partial charge in [0.25, 0.3) is 5.78 Å². The van der Waals surface area contributed by atoms with E-state index in [1.54, 1.807) is 9.20 Å². The lowest BCUT2D eigenvalue weighted by atomic mass is 10.3. The molecule has 0 amide bonds. The normalized spacial score (nSPS) is 11.1. The van der Waals surface area contributed by atoms with E-state index in [1.807, 2.05) is 13.1 Å². The number of nitrogens with zero attached hydrogens (tertiary/aromatic N) is 7. The Morgan fingerprint density at radius 3 is 2.79 bits per heavy atom. The van der Waals surface area contributed by atoms with Crippen LogP contribution in [0.4, 0.5) is 5.82 Å². The van der Waals surface area contributed by atoms with Gasteiger partial charge in [-0.05, 0) is 6.42 Å². The second-order valence-corrected chi connectivity index (χ2v) is 4.11. The highest BCUT2D eigenvalue weighted by molar-refractivity contribution is 5.44. The molecule has 3 aromatic rings. The molecule has 0 aliphatic carbocycles. The topological polar surface area (TPSA) is 85.8 Å². The smallest absolute Gasteiger partial charge is 0.254 e. The van der Waals surface area contributed by atoms with Crippen LogP contribution < -0.4 is 5.32 Å². The van der Waals surface area contributed by atoms with Crippen LogP contribution in [0.25, 0.3) is 5.78 Å². The van der Waals surface area contributed by atoms with E-state index in [9.17, 15) is 0 Å². The van der Waals surface area contributed by atoms with Crippen LogP contribution in [0.15, 0.2) is 18.7 Å². The van der Waals surface area contributed by atoms with Crippen LogP contribution >= 0.6 is 0 Å². The molecule has 0 radical (unpaired) electrons. The van der Waals surface area contributed by atoms with Crippen molar-refractivity contribution in [1.29, 1.82) is 0 Å². The molecule has 8 nitrogen and oxygen atoms in total. The van der Waals surface area contributed by atoms with Crippen LogP contribution in [0.5, 0.6) is 0 Å². The van der Waals surface area contributed by atoms with E-state index in [1.165, 1.54) is 12.7 Å².